The van der Waals surface area contributed by atoms with E-state index in [1.54, 1.807) is 12.0 Å². The molecule has 1 spiro atoms. The summed E-state index contributed by atoms with van der Waals surface area (Å²) >= 11 is 0. The van der Waals surface area contributed by atoms with Crippen molar-refractivity contribution < 1.29 is 46.8 Å². The highest BCUT2D eigenvalue weighted by Gasteiger charge is 2.53. The zero-order chi connectivity index (χ0) is 61.8. The van der Waals surface area contributed by atoms with Crippen molar-refractivity contribution >= 4 is 40.8 Å². The van der Waals surface area contributed by atoms with Crippen LogP contribution < -0.4 is 20.5 Å². The number of likely N-dealkylation sites (tertiary alicyclic amines) is 2. The van der Waals surface area contributed by atoms with E-state index in [1.165, 1.54) is 39.2 Å². The van der Waals surface area contributed by atoms with Gasteiger partial charge in [-0.3, -0.25) is 29.9 Å². The molecule has 482 valence electrons. The van der Waals surface area contributed by atoms with Gasteiger partial charge in [0, 0.05) is 144 Å². The molecule has 5 atom stereocenters. The van der Waals surface area contributed by atoms with Crippen LogP contribution in [0.3, 0.4) is 0 Å². The van der Waals surface area contributed by atoms with Gasteiger partial charge in [-0.25, -0.2) is 13.8 Å². The Morgan fingerprint density at radius 2 is 1.67 bits per heavy atom. The smallest absolute Gasteiger partial charge is 0.302 e. The van der Waals surface area contributed by atoms with Crippen LogP contribution in [-0.2, 0) is 46.5 Å². The molecule has 17 nitrogen and oxygen atoms in total. The molecule has 20 heteroatoms. The lowest BCUT2D eigenvalue weighted by Crippen LogP contribution is -2.70. The number of pyridine rings is 1. The van der Waals surface area contributed by atoms with Crippen LogP contribution in [0.15, 0.2) is 30.5 Å². The van der Waals surface area contributed by atoms with Crippen LogP contribution in [0.1, 0.15) is 143 Å². The summed E-state index contributed by atoms with van der Waals surface area (Å²) in [4.78, 5) is 56.4. The summed E-state index contributed by atoms with van der Waals surface area (Å²) in [6, 6.07) is 8.11. The number of hydrogen-bond donors (Lipinski definition) is 2. The van der Waals surface area contributed by atoms with Crippen molar-refractivity contribution in [2.75, 3.05) is 129 Å². The zero-order valence-electron chi connectivity index (χ0n) is 53.7. The summed E-state index contributed by atoms with van der Waals surface area (Å²) in [6.07, 6.45) is 15.8. The maximum atomic E-state index is 14.9. The van der Waals surface area contributed by atoms with Crippen molar-refractivity contribution in [2.45, 2.75) is 181 Å². The zero-order valence-corrected chi connectivity index (χ0v) is 53.7. The van der Waals surface area contributed by atoms with Gasteiger partial charge in [0.25, 0.3) is 5.92 Å². The standard InChI is InChI=1S/C45H66FN7O6.C16H27F2NO.C5H12N2/c1-8-53-40-12-11-34(49(19-20-59-46)14-13-41(39(25-54)47-6)52-26-45(27-52)29-57-30-45)21-36(40)38(23-44(4,5)28-58-32(3)55)43(53)37-22-35(24-48-42(37)31(2)56-7)51-17-15-50(16-18-51)33-9-10-33;1-12(2)14(11-20)19-10-6-9-15(19)16(17,18)13-7-4-3-5-8-13;1-7-5-3-2-4-6-7/h11-12,21-22,24-25,31,33,39,41,47H,8-10,13-20,23,26-30H2,1-7H3;11-15H,3-10H2,1-2H3;6H,2-5H2,1H3. The van der Waals surface area contributed by atoms with Gasteiger partial charge in [-0.05, 0) is 132 Å². The third-order valence-electron chi connectivity index (χ3n) is 19.6. The summed E-state index contributed by atoms with van der Waals surface area (Å²) in [6.45, 7) is 26.0. The lowest BCUT2D eigenvalue weighted by Gasteiger charge is -2.58. The van der Waals surface area contributed by atoms with E-state index in [2.05, 4.69) is 96.9 Å². The first-order chi connectivity index (χ1) is 41.3. The average molecular weight is 1210 g/mol. The van der Waals surface area contributed by atoms with Crippen LogP contribution in [0.25, 0.3) is 22.2 Å². The minimum absolute atomic E-state index is 0.0238. The number of carbonyl (C=O) groups excluding carboxylic acids is 3. The number of fused-ring (bicyclic) bond motifs is 1. The van der Waals surface area contributed by atoms with Gasteiger partial charge in [-0.2, -0.15) is 4.94 Å². The van der Waals surface area contributed by atoms with Crippen LogP contribution in [0.5, 0.6) is 0 Å². The van der Waals surface area contributed by atoms with Gasteiger partial charge in [0.15, 0.2) is 0 Å². The van der Waals surface area contributed by atoms with Crippen LogP contribution >= 0.6 is 0 Å². The lowest BCUT2D eigenvalue weighted by molar-refractivity contribution is -0.200. The first-order valence-corrected chi connectivity index (χ1v) is 32.6. The Morgan fingerprint density at radius 1 is 0.942 bits per heavy atom. The van der Waals surface area contributed by atoms with Crippen molar-refractivity contribution in [1.82, 2.24) is 40.0 Å². The Bertz CT molecular complexity index is 2630. The third kappa shape index (κ3) is 16.6. The number of nitrogens with zero attached hydrogens (tertiary/aromatic N) is 8. The van der Waals surface area contributed by atoms with Gasteiger partial charge in [0.2, 0.25) is 0 Å². The second-order valence-electron chi connectivity index (χ2n) is 27.0. The predicted molar refractivity (Wildman–Crippen MR) is 334 cm³/mol. The molecule has 10 rings (SSSR count). The Kier molecular flexibility index (Phi) is 24.4. The van der Waals surface area contributed by atoms with E-state index in [1.807, 2.05) is 34.0 Å². The lowest BCUT2D eigenvalue weighted by atomic mass is 9.76. The highest BCUT2D eigenvalue weighted by Crippen LogP contribution is 2.46. The summed E-state index contributed by atoms with van der Waals surface area (Å²) in [5, 5.41) is 6.44. The molecule has 5 saturated heterocycles. The number of benzene rings is 1. The maximum absolute atomic E-state index is 14.9. The molecule has 2 saturated carbocycles. The van der Waals surface area contributed by atoms with Crippen LogP contribution in [0.4, 0.5) is 24.7 Å². The molecule has 7 aliphatic rings. The molecule has 3 aromatic rings. The number of esters is 1. The van der Waals surface area contributed by atoms with Gasteiger partial charge in [0.05, 0.1) is 67.3 Å². The molecular weight excluding hydrogens is 1100 g/mol. The Morgan fingerprint density at radius 3 is 2.23 bits per heavy atom. The monoisotopic (exact) mass is 1210 g/mol. The van der Waals surface area contributed by atoms with Crippen molar-refractivity contribution in [3.63, 3.8) is 0 Å². The van der Waals surface area contributed by atoms with E-state index in [4.69, 9.17) is 19.2 Å². The molecule has 7 heterocycles. The first-order valence-electron chi connectivity index (χ1n) is 32.6. The molecule has 5 unspecified atom stereocenters. The number of methoxy groups -OCH3 is 1. The van der Waals surface area contributed by atoms with Crippen molar-refractivity contribution in [3.8, 4) is 11.3 Å². The Labute approximate surface area is 511 Å². The van der Waals surface area contributed by atoms with Gasteiger partial charge in [0.1, 0.15) is 19.2 Å². The van der Waals surface area contributed by atoms with Gasteiger partial charge in [-0.1, -0.05) is 47.0 Å². The first kappa shape index (κ1) is 67.7. The number of aryl methyl sites for hydroxylation is 1. The fourth-order valence-electron chi connectivity index (χ4n) is 14.4. The number of halogens is 3. The average Bonchev–Trinajstić information content (AvgIpc) is 1.46. The van der Waals surface area contributed by atoms with Crippen LogP contribution in [0, 0.1) is 22.7 Å². The molecule has 7 fully saturated rings. The summed E-state index contributed by atoms with van der Waals surface area (Å²) in [5.74, 6) is -3.34. The number of aromatic nitrogens is 2. The fraction of sp³-hybridized carbons (Fsp3) is 0.758. The second-order valence-corrected chi connectivity index (χ2v) is 27.0. The molecular formula is C66H105F3N10O7. The van der Waals surface area contributed by atoms with Crippen LogP contribution in [0.2, 0.25) is 0 Å². The number of nitrogens with one attached hydrogen (secondary N) is 2. The molecule has 5 aliphatic heterocycles. The summed E-state index contributed by atoms with van der Waals surface area (Å²) in [5.41, 5.74) is 10.2. The Balaban J connectivity index is 0.000000291. The molecule has 0 bridgehead atoms. The highest BCUT2D eigenvalue weighted by molar-refractivity contribution is 5.95. The number of carbonyl (C=O) groups is 3. The minimum atomic E-state index is -2.65. The number of anilines is 2. The fourth-order valence-corrected chi connectivity index (χ4v) is 14.4. The van der Waals surface area contributed by atoms with Crippen molar-refractivity contribution in [1.29, 1.82) is 0 Å². The van der Waals surface area contributed by atoms with E-state index in [0.717, 1.165) is 148 Å². The second kappa shape index (κ2) is 31.0. The van der Waals surface area contributed by atoms with Crippen molar-refractivity contribution in [2.24, 2.45) is 22.7 Å². The Hall–Kier alpha value is -4.25. The molecule has 2 aromatic heterocycles. The maximum Gasteiger partial charge on any atom is 0.302 e. The van der Waals surface area contributed by atoms with Crippen LogP contribution in [-0.4, -0.2) is 204 Å². The van der Waals surface area contributed by atoms with E-state index < -0.39 is 23.3 Å². The minimum Gasteiger partial charge on any atom is -0.465 e. The topological polar surface area (TPSA) is 149 Å². The normalized spacial score (nSPS) is 22.3. The molecule has 2 aliphatic carbocycles. The third-order valence-corrected chi connectivity index (χ3v) is 19.6. The van der Waals surface area contributed by atoms with E-state index in [9.17, 15) is 27.7 Å². The van der Waals surface area contributed by atoms with Gasteiger partial charge in [-0.15, -0.1) is 0 Å². The number of rotatable bonds is 26. The summed E-state index contributed by atoms with van der Waals surface area (Å²) < 4.78 is 62.7. The van der Waals surface area contributed by atoms with E-state index >= 15 is 0 Å². The summed E-state index contributed by atoms with van der Waals surface area (Å²) in [7, 11) is 5.64. The molecule has 86 heavy (non-hydrogen) atoms. The number of hydrazine groups is 1. The molecule has 0 radical (unpaired) electrons. The number of ether oxygens (including phenoxy) is 3. The van der Waals surface area contributed by atoms with E-state index in [0.29, 0.717) is 58.3 Å². The van der Waals surface area contributed by atoms with Gasteiger partial charge >= 0.3 is 5.97 Å². The highest BCUT2D eigenvalue weighted by atomic mass is 19.3. The van der Waals surface area contributed by atoms with Crippen molar-refractivity contribution in [3.05, 3.63) is 41.7 Å². The predicted octanol–water partition coefficient (Wildman–Crippen LogP) is 9.54. The number of piperazine rings is 1. The largest absolute Gasteiger partial charge is 0.465 e. The number of hydrogen-bond acceptors (Lipinski definition) is 16. The number of aldehydes is 2. The SMILES string of the molecule is CC(C)C(C=O)N1CCCC1C(F)(F)C1CCCCC1.CCn1c(-c2cc(N3CCN(C4CC4)CC3)cnc2C(C)OC)c(CC(C)(C)COC(C)=O)c2cc(N(CCOF)CCC(C(C=O)NC)N3CC4(COC4)C3)ccc21.CN1CCCCN1. The molecule has 1 aromatic carbocycles. The molecule has 0 amide bonds. The quantitative estimate of drug-likeness (QED) is 0.0580. The van der Waals surface area contributed by atoms with Gasteiger partial charge < -0.3 is 43.5 Å². The van der Waals surface area contributed by atoms with E-state index in [-0.39, 0.29) is 54.7 Å². The number of likely N-dealkylation sites (N-methyl/N-ethyl adjacent to an activating group) is 1. The molecule has 2 N–H and O–H groups in total. The number of alkyl halides is 2.